The van der Waals surface area contributed by atoms with Gasteiger partial charge in [0.1, 0.15) is 6.04 Å². The van der Waals surface area contributed by atoms with E-state index >= 15 is 0 Å². The van der Waals surface area contributed by atoms with Gasteiger partial charge in [0.15, 0.2) is 0 Å². The second-order valence-electron chi connectivity index (χ2n) is 3.28. The number of amides is 1. The summed E-state index contributed by atoms with van der Waals surface area (Å²) in [4.78, 5) is 23.0. The molecule has 1 amide bonds. The Morgan fingerprint density at radius 1 is 1.41 bits per heavy atom. The minimum atomic E-state index is -0.933. The summed E-state index contributed by atoms with van der Waals surface area (Å²) in [5, 5.41) is 11.0. The molecular formula is C12H12N2O3. The number of nitrogens with one attached hydrogen (secondary N) is 1. The molecule has 0 heterocycles. The SMILES string of the molecule is COC(=O)[C@@H](CC#N)NC(=O)c1ccccc1. The Kier molecular flexibility index (Phi) is 4.70. The van der Waals surface area contributed by atoms with Crippen LogP contribution in [0.5, 0.6) is 0 Å². The fourth-order valence-corrected chi connectivity index (χ4v) is 1.26. The van der Waals surface area contributed by atoms with Gasteiger partial charge in [0.05, 0.1) is 19.6 Å². The summed E-state index contributed by atoms with van der Waals surface area (Å²) >= 11 is 0. The maximum atomic E-state index is 11.7. The zero-order chi connectivity index (χ0) is 12.7. The fourth-order valence-electron chi connectivity index (χ4n) is 1.26. The van der Waals surface area contributed by atoms with E-state index in [-0.39, 0.29) is 6.42 Å². The number of methoxy groups -OCH3 is 1. The van der Waals surface area contributed by atoms with E-state index in [2.05, 4.69) is 10.1 Å². The molecule has 0 aliphatic heterocycles. The van der Waals surface area contributed by atoms with Crippen molar-refractivity contribution in [3.63, 3.8) is 0 Å². The van der Waals surface area contributed by atoms with Crippen molar-refractivity contribution in [1.29, 1.82) is 5.26 Å². The summed E-state index contributed by atoms with van der Waals surface area (Å²) in [5.41, 5.74) is 0.430. The van der Waals surface area contributed by atoms with Gasteiger partial charge in [-0.1, -0.05) is 18.2 Å². The van der Waals surface area contributed by atoms with Crippen LogP contribution in [0, 0.1) is 11.3 Å². The molecule has 0 saturated carbocycles. The molecule has 17 heavy (non-hydrogen) atoms. The predicted molar refractivity (Wildman–Crippen MR) is 59.9 cm³/mol. The number of rotatable bonds is 4. The molecule has 1 rings (SSSR count). The summed E-state index contributed by atoms with van der Waals surface area (Å²) in [6.45, 7) is 0. The summed E-state index contributed by atoms with van der Waals surface area (Å²) in [6.07, 6.45) is -0.120. The molecule has 5 nitrogen and oxygen atoms in total. The highest BCUT2D eigenvalue weighted by Gasteiger charge is 2.21. The molecule has 0 aliphatic carbocycles. The van der Waals surface area contributed by atoms with Gasteiger partial charge in [0.2, 0.25) is 0 Å². The van der Waals surface area contributed by atoms with Crippen LogP contribution in [-0.2, 0) is 9.53 Å². The number of ether oxygens (including phenoxy) is 1. The lowest BCUT2D eigenvalue weighted by atomic mass is 10.1. The molecular weight excluding hydrogens is 220 g/mol. The van der Waals surface area contributed by atoms with Crippen molar-refractivity contribution >= 4 is 11.9 Å². The highest BCUT2D eigenvalue weighted by molar-refractivity contribution is 5.96. The third kappa shape index (κ3) is 3.61. The number of nitrogens with zero attached hydrogens (tertiary/aromatic N) is 1. The Bertz CT molecular complexity index is 437. The van der Waals surface area contributed by atoms with Crippen LogP contribution >= 0.6 is 0 Å². The lowest BCUT2D eigenvalue weighted by molar-refractivity contribution is -0.142. The molecule has 0 saturated heterocycles. The van der Waals surface area contributed by atoms with Gasteiger partial charge in [-0.3, -0.25) is 4.79 Å². The second-order valence-corrected chi connectivity index (χ2v) is 3.28. The third-order valence-corrected chi connectivity index (χ3v) is 2.12. The molecule has 1 aromatic carbocycles. The highest BCUT2D eigenvalue weighted by Crippen LogP contribution is 2.01. The van der Waals surface area contributed by atoms with E-state index in [0.29, 0.717) is 5.56 Å². The number of carbonyl (C=O) groups excluding carboxylic acids is 2. The minimum Gasteiger partial charge on any atom is -0.467 e. The average Bonchev–Trinajstić information content (AvgIpc) is 2.38. The maximum absolute atomic E-state index is 11.7. The topological polar surface area (TPSA) is 79.2 Å². The first kappa shape index (κ1) is 12.7. The maximum Gasteiger partial charge on any atom is 0.329 e. The highest BCUT2D eigenvalue weighted by atomic mass is 16.5. The van der Waals surface area contributed by atoms with E-state index in [4.69, 9.17) is 5.26 Å². The summed E-state index contributed by atoms with van der Waals surface area (Å²) in [7, 11) is 1.21. The number of carbonyl (C=O) groups is 2. The Labute approximate surface area is 99.0 Å². The van der Waals surface area contributed by atoms with E-state index in [1.807, 2.05) is 6.07 Å². The molecule has 0 unspecified atom stereocenters. The first-order chi connectivity index (χ1) is 8.19. The van der Waals surface area contributed by atoms with Crippen LogP contribution in [0.25, 0.3) is 0 Å². The van der Waals surface area contributed by atoms with Crippen molar-refractivity contribution in [2.45, 2.75) is 12.5 Å². The monoisotopic (exact) mass is 232 g/mol. The first-order valence-electron chi connectivity index (χ1n) is 4.99. The van der Waals surface area contributed by atoms with Crippen molar-refractivity contribution < 1.29 is 14.3 Å². The van der Waals surface area contributed by atoms with Crippen LogP contribution in [0.15, 0.2) is 30.3 Å². The Morgan fingerprint density at radius 3 is 2.59 bits per heavy atom. The second kappa shape index (κ2) is 6.28. The standard InChI is InChI=1S/C12H12N2O3/c1-17-12(16)10(7-8-13)14-11(15)9-5-3-2-4-6-9/h2-6,10H,7H2,1H3,(H,14,15)/t10-/m1/s1. The van der Waals surface area contributed by atoms with E-state index in [1.165, 1.54) is 7.11 Å². The number of hydrogen-bond donors (Lipinski definition) is 1. The van der Waals surface area contributed by atoms with Gasteiger partial charge in [-0.25, -0.2) is 4.79 Å². The van der Waals surface area contributed by atoms with E-state index < -0.39 is 17.9 Å². The van der Waals surface area contributed by atoms with Crippen molar-refractivity contribution in [3.8, 4) is 6.07 Å². The first-order valence-corrected chi connectivity index (χ1v) is 4.99. The molecule has 1 N–H and O–H groups in total. The Hall–Kier alpha value is -2.35. The molecule has 0 aromatic heterocycles. The van der Waals surface area contributed by atoms with Gasteiger partial charge in [-0.05, 0) is 12.1 Å². The largest absolute Gasteiger partial charge is 0.467 e. The third-order valence-electron chi connectivity index (χ3n) is 2.12. The number of esters is 1. The van der Waals surface area contributed by atoms with Gasteiger partial charge < -0.3 is 10.1 Å². The van der Waals surface area contributed by atoms with Crippen LogP contribution in [-0.4, -0.2) is 25.0 Å². The van der Waals surface area contributed by atoms with Gasteiger partial charge >= 0.3 is 5.97 Å². The van der Waals surface area contributed by atoms with E-state index in [0.717, 1.165) is 0 Å². The lowest BCUT2D eigenvalue weighted by Crippen LogP contribution is -2.41. The molecule has 88 valence electrons. The lowest BCUT2D eigenvalue weighted by Gasteiger charge is -2.13. The number of hydrogen-bond acceptors (Lipinski definition) is 4. The zero-order valence-electron chi connectivity index (χ0n) is 9.34. The zero-order valence-corrected chi connectivity index (χ0v) is 9.34. The molecule has 0 spiro atoms. The molecule has 0 radical (unpaired) electrons. The molecule has 5 heteroatoms. The van der Waals surface area contributed by atoms with Gasteiger partial charge in [0.25, 0.3) is 5.91 Å². The predicted octanol–water partition coefficient (Wildman–Crippen LogP) is 0.872. The van der Waals surface area contributed by atoms with Gasteiger partial charge in [0, 0.05) is 5.56 Å². The fraction of sp³-hybridized carbons (Fsp3) is 0.250. The quantitative estimate of drug-likeness (QED) is 0.781. The van der Waals surface area contributed by atoms with Gasteiger partial charge in [-0.15, -0.1) is 0 Å². The summed E-state index contributed by atoms with van der Waals surface area (Å²) in [5.74, 6) is -1.04. The van der Waals surface area contributed by atoms with Gasteiger partial charge in [-0.2, -0.15) is 5.26 Å². The van der Waals surface area contributed by atoms with Crippen molar-refractivity contribution in [1.82, 2.24) is 5.32 Å². The number of nitriles is 1. The van der Waals surface area contributed by atoms with Crippen LogP contribution < -0.4 is 5.32 Å². The minimum absolute atomic E-state index is 0.120. The van der Waals surface area contributed by atoms with Crippen molar-refractivity contribution in [2.24, 2.45) is 0 Å². The molecule has 0 bridgehead atoms. The van der Waals surface area contributed by atoms with Crippen LogP contribution in [0.3, 0.4) is 0 Å². The summed E-state index contributed by atoms with van der Waals surface area (Å²) < 4.78 is 4.50. The van der Waals surface area contributed by atoms with Crippen LogP contribution in [0.2, 0.25) is 0 Å². The van der Waals surface area contributed by atoms with E-state index in [1.54, 1.807) is 30.3 Å². The van der Waals surface area contributed by atoms with Crippen molar-refractivity contribution in [3.05, 3.63) is 35.9 Å². The molecule has 1 aromatic rings. The van der Waals surface area contributed by atoms with E-state index in [9.17, 15) is 9.59 Å². The molecule has 0 fully saturated rings. The average molecular weight is 232 g/mol. The Morgan fingerprint density at radius 2 is 2.06 bits per heavy atom. The van der Waals surface area contributed by atoms with Crippen LogP contribution in [0.4, 0.5) is 0 Å². The summed E-state index contributed by atoms with van der Waals surface area (Å²) in [6, 6.07) is 9.34. The van der Waals surface area contributed by atoms with Crippen molar-refractivity contribution in [2.75, 3.05) is 7.11 Å². The smallest absolute Gasteiger partial charge is 0.329 e. The molecule has 1 atom stereocenters. The normalized spacial score (nSPS) is 11.1. The van der Waals surface area contributed by atoms with Crippen LogP contribution in [0.1, 0.15) is 16.8 Å². The molecule has 0 aliphatic rings. The Balaban J connectivity index is 2.72. The number of benzene rings is 1.